The summed E-state index contributed by atoms with van der Waals surface area (Å²) in [4.78, 5) is 14.8. The number of imidazole rings is 1. The maximum atomic E-state index is 10.7. The number of carbonyl (C=O) groups excluding carboxylic acids is 1. The number of nitrogens with zero attached hydrogens (tertiary/aromatic N) is 2. The largest absolute Gasteiger partial charge is 0.508 e. The summed E-state index contributed by atoms with van der Waals surface area (Å²) in [5.41, 5.74) is 1.77. The number of fused-ring (bicyclic) bond motifs is 1. The Bertz CT molecular complexity index is 474. The fourth-order valence-corrected chi connectivity index (χ4v) is 1.31. The number of aromatic hydroxyl groups is 1. The first-order valence-electron chi connectivity index (χ1n) is 3.85. The van der Waals surface area contributed by atoms with Crippen LogP contribution in [0.25, 0.3) is 5.65 Å². The Morgan fingerprint density at radius 1 is 1.62 bits per heavy atom. The van der Waals surface area contributed by atoms with E-state index in [0.29, 0.717) is 17.0 Å². The van der Waals surface area contributed by atoms with Gasteiger partial charge in [0.25, 0.3) is 0 Å². The van der Waals surface area contributed by atoms with E-state index in [2.05, 4.69) is 4.98 Å². The lowest BCUT2D eigenvalue weighted by molar-refractivity contribution is 0.111. The van der Waals surface area contributed by atoms with Gasteiger partial charge in [0.1, 0.15) is 17.1 Å². The van der Waals surface area contributed by atoms with Crippen molar-refractivity contribution in [1.82, 2.24) is 9.38 Å². The molecule has 2 aromatic rings. The summed E-state index contributed by atoms with van der Waals surface area (Å²) < 4.78 is 1.64. The van der Waals surface area contributed by atoms with Crippen molar-refractivity contribution in [2.24, 2.45) is 0 Å². The Hall–Kier alpha value is -1.84. The molecule has 0 radical (unpaired) electrons. The molecule has 66 valence electrons. The van der Waals surface area contributed by atoms with Gasteiger partial charge in [0.05, 0.1) is 5.69 Å². The van der Waals surface area contributed by atoms with Crippen molar-refractivity contribution in [3.8, 4) is 5.75 Å². The second-order valence-electron chi connectivity index (χ2n) is 2.81. The molecular weight excluding hydrogens is 168 g/mol. The molecule has 0 aliphatic carbocycles. The average Bonchev–Trinajstić information content (AvgIpc) is 2.39. The van der Waals surface area contributed by atoms with Gasteiger partial charge < -0.3 is 5.11 Å². The monoisotopic (exact) mass is 176 g/mol. The predicted octanol–water partition coefficient (Wildman–Crippen LogP) is 1.16. The lowest BCUT2D eigenvalue weighted by atomic mass is 10.4. The molecule has 0 unspecified atom stereocenters. The topological polar surface area (TPSA) is 54.6 Å². The molecule has 13 heavy (non-hydrogen) atoms. The van der Waals surface area contributed by atoms with Crippen LogP contribution in [0.3, 0.4) is 0 Å². The second kappa shape index (κ2) is 2.58. The standard InChI is InChI=1S/C9H8N2O2/c1-6-8(5-12)11-3-2-7(13)4-9(11)10-6/h2-5,13H,1H3. The van der Waals surface area contributed by atoms with Crippen molar-refractivity contribution in [3.63, 3.8) is 0 Å². The SMILES string of the molecule is Cc1nc2cc(O)ccn2c1C=O. The van der Waals surface area contributed by atoms with Crippen molar-refractivity contribution in [1.29, 1.82) is 0 Å². The number of aromatic nitrogens is 2. The molecule has 0 atom stereocenters. The molecule has 0 fully saturated rings. The predicted molar refractivity (Wildman–Crippen MR) is 47.0 cm³/mol. The minimum Gasteiger partial charge on any atom is -0.508 e. The fourth-order valence-electron chi connectivity index (χ4n) is 1.31. The quantitative estimate of drug-likeness (QED) is 0.663. The molecule has 0 aromatic carbocycles. The normalized spacial score (nSPS) is 10.5. The summed E-state index contributed by atoms with van der Waals surface area (Å²) in [6.07, 6.45) is 2.38. The van der Waals surface area contributed by atoms with Crippen LogP contribution in [0.4, 0.5) is 0 Å². The van der Waals surface area contributed by atoms with Gasteiger partial charge >= 0.3 is 0 Å². The van der Waals surface area contributed by atoms with Crippen LogP contribution in [0.5, 0.6) is 5.75 Å². The first-order chi connectivity index (χ1) is 6.22. The maximum Gasteiger partial charge on any atom is 0.168 e. The van der Waals surface area contributed by atoms with Gasteiger partial charge in [0, 0.05) is 12.3 Å². The molecule has 0 aliphatic heterocycles. The van der Waals surface area contributed by atoms with E-state index in [4.69, 9.17) is 5.11 Å². The molecule has 2 heterocycles. The van der Waals surface area contributed by atoms with E-state index in [0.717, 1.165) is 6.29 Å². The molecule has 0 spiro atoms. The van der Waals surface area contributed by atoms with Crippen LogP contribution in [0.1, 0.15) is 16.2 Å². The van der Waals surface area contributed by atoms with Crippen molar-refractivity contribution >= 4 is 11.9 Å². The summed E-state index contributed by atoms with van der Waals surface area (Å²) in [6.45, 7) is 1.76. The summed E-state index contributed by atoms with van der Waals surface area (Å²) in [5, 5.41) is 9.16. The second-order valence-corrected chi connectivity index (χ2v) is 2.81. The van der Waals surface area contributed by atoms with Crippen LogP contribution >= 0.6 is 0 Å². The van der Waals surface area contributed by atoms with E-state index in [1.54, 1.807) is 17.5 Å². The zero-order valence-electron chi connectivity index (χ0n) is 7.06. The van der Waals surface area contributed by atoms with Gasteiger partial charge in [-0.05, 0) is 13.0 Å². The van der Waals surface area contributed by atoms with Crippen LogP contribution < -0.4 is 0 Å². The maximum absolute atomic E-state index is 10.7. The zero-order valence-corrected chi connectivity index (χ0v) is 7.06. The third-order valence-corrected chi connectivity index (χ3v) is 1.94. The van der Waals surface area contributed by atoms with Gasteiger partial charge in [-0.25, -0.2) is 4.98 Å². The first-order valence-corrected chi connectivity index (χ1v) is 3.85. The third kappa shape index (κ3) is 1.07. The summed E-state index contributed by atoms with van der Waals surface area (Å²) in [7, 11) is 0. The molecular formula is C9H8N2O2. The van der Waals surface area contributed by atoms with Crippen molar-refractivity contribution < 1.29 is 9.90 Å². The van der Waals surface area contributed by atoms with E-state index in [1.807, 2.05) is 0 Å². The Balaban J connectivity index is 2.86. The Labute approximate surface area is 74.5 Å². The van der Waals surface area contributed by atoms with Crippen LogP contribution in [0, 0.1) is 6.92 Å². The highest BCUT2D eigenvalue weighted by Gasteiger charge is 2.06. The van der Waals surface area contributed by atoms with Crippen molar-refractivity contribution in [2.45, 2.75) is 6.92 Å². The minimum atomic E-state index is 0.148. The molecule has 0 saturated heterocycles. The molecule has 0 aliphatic rings. The highest BCUT2D eigenvalue weighted by molar-refractivity contribution is 5.76. The lowest BCUT2D eigenvalue weighted by Crippen LogP contribution is -1.90. The lowest BCUT2D eigenvalue weighted by Gasteiger charge is -1.95. The zero-order chi connectivity index (χ0) is 9.42. The Morgan fingerprint density at radius 3 is 3.08 bits per heavy atom. The molecule has 0 bridgehead atoms. The first kappa shape index (κ1) is 7.79. The van der Waals surface area contributed by atoms with Crippen molar-refractivity contribution in [3.05, 3.63) is 29.7 Å². The molecule has 1 N–H and O–H groups in total. The third-order valence-electron chi connectivity index (χ3n) is 1.94. The Kier molecular flexibility index (Phi) is 1.55. The number of rotatable bonds is 1. The van der Waals surface area contributed by atoms with Gasteiger partial charge in [-0.1, -0.05) is 0 Å². The molecule has 0 amide bonds. The number of pyridine rings is 1. The van der Waals surface area contributed by atoms with Crippen LogP contribution in [0.15, 0.2) is 18.3 Å². The van der Waals surface area contributed by atoms with E-state index < -0.39 is 0 Å². The highest BCUT2D eigenvalue weighted by Crippen LogP contribution is 2.15. The average molecular weight is 176 g/mol. The van der Waals surface area contributed by atoms with Gasteiger partial charge in [0.2, 0.25) is 0 Å². The van der Waals surface area contributed by atoms with E-state index in [9.17, 15) is 4.79 Å². The fraction of sp³-hybridized carbons (Fsp3) is 0.111. The summed E-state index contributed by atoms with van der Waals surface area (Å²) in [6, 6.07) is 3.03. The van der Waals surface area contributed by atoms with Gasteiger partial charge in [0.15, 0.2) is 6.29 Å². The molecule has 2 aromatic heterocycles. The van der Waals surface area contributed by atoms with Gasteiger partial charge in [-0.15, -0.1) is 0 Å². The van der Waals surface area contributed by atoms with Crippen LogP contribution in [0.2, 0.25) is 0 Å². The van der Waals surface area contributed by atoms with E-state index in [1.165, 1.54) is 12.1 Å². The van der Waals surface area contributed by atoms with E-state index in [-0.39, 0.29) is 5.75 Å². The van der Waals surface area contributed by atoms with Gasteiger partial charge in [-0.3, -0.25) is 9.20 Å². The summed E-state index contributed by atoms with van der Waals surface area (Å²) in [5.74, 6) is 0.148. The number of hydrogen-bond acceptors (Lipinski definition) is 3. The molecule has 2 rings (SSSR count). The van der Waals surface area contributed by atoms with Crippen molar-refractivity contribution in [2.75, 3.05) is 0 Å². The van der Waals surface area contributed by atoms with E-state index >= 15 is 0 Å². The molecule has 4 heteroatoms. The van der Waals surface area contributed by atoms with Gasteiger partial charge in [-0.2, -0.15) is 0 Å². The number of hydrogen-bond donors (Lipinski definition) is 1. The number of aldehydes is 1. The number of aryl methyl sites for hydroxylation is 1. The smallest absolute Gasteiger partial charge is 0.168 e. The number of carbonyl (C=O) groups is 1. The van der Waals surface area contributed by atoms with Crippen LogP contribution in [-0.4, -0.2) is 20.8 Å². The summed E-state index contributed by atoms with van der Waals surface area (Å²) >= 11 is 0. The minimum absolute atomic E-state index is 0.148. The molecule has 0 saturated carbocycles. The highest BCUT2D eigenvalue weighted by atomic mass is 16.3. The Morgan fingerprint density at radius 2 is 2.38 bits per heavy atom. The van der Waals surface area contributed by atoms with Crippen LogP contribution in [-0.2, 0) is 0 Å². The molecule has 4 nitrogen and oxygen atoms in total.